The van der Waals surface area contributed by atoms with Crippen molar-refractivity contribution in [1.29, 1.82) is 0 Å². The molecule has 0 bridgehead atoms. The van der Waals surface area contributed by atoms with E-state index < -0.39 is 0 Å². The Morgan fingerprint density at radius 3 is 2.83 bits per heavy atom. The predicted octanol–water partition coefficient (Wildman–Crippen LogP) is 2.00. The Kier molecular flexibility index (Phi) is 3.86. The van der Waals surface area contributed by atoms with E-state index in [2.05, 4.69) is 15.5 Å². The van der Waals surface area contributed by atoms with Crippen LogP contribution in [0.5, 0.6) is 0 Å². The summed E-state index contributed by atoms with van der Waals surface area (Å²) in [6, 6.07) is 6.99. The summed E-state index contributed by atoms with van der Waals surface area (Å²) in [4.78, 5) is 15.5. The molecule has 0 spiro atoms. The van der Waals surface area contributed by atoms with Gasteiger partial charge in [0.15, 0.2) is 5.76 Å². The third kappa shape index (κ3) is 3.04. The van der Waals surface area contributed by atoms with Crippen LogP contribution in [0.3, 0.4) is 0 Å². The molecule has 0 fully saturated rings. The first-order chi connectivity index (χ1) is 8.79. The average Bonchev–Trinajstić information content (AvgIpc) is 2.89. The van der Waals surface area contributed by atoms with Crippen molar-refractivity contribution in [3.05, 3.63) is 53.7 Å². The molecule has 5 heteroatoms. The highest BCUT2D eigenvalue weighted by atomic mass is 16.4. The minimum atomic E-state index is -0.361. The highest BCUT2D eigenvalue weighted by Gasteiger charge is 2.08. The van der Waals surface area contributed by atoms with Gasteiger partial charge in [-0.3, -0.25) is 9.78 Å². The topological polar surface area (TPSA) is 67.5 Å². The van der Waals surface area contributed by atoms with E-state index in [1.807, 2.05) is 6.92 Å². The van der Waals surface area contributed by atoms with Crippen molar-refractivity contribution in [2.75, 3.05) is 0 Å². The van der Waals surface area contributed by atoms with Crippen LogP contribution in [0.1, 0.15) is 28.8 Å². The van der Waals surface area contributed by atoms with E-state index in [1.54, 1.807) is 42.9 Å². The molecular formula is C13H13N3O2. The van der Waals surface area contributed by atoms with Gasteiger partial charge >= 0.3 is 5.91 Å². The number of hydrazone groups is 1. The molecule has 0 aromatic carbocycles. The van der Waals surface area contributed by atoms with Crippen molar-refractivity contribution < 1.29 is 9.21 Å². The van der Waals surface area contributed by atoms with Gasteiger partial charge in [-0.15, -0.1) is 0 Å². The van der Waals surface area contributed by atoms with E-state index >= 15 is 0 Å². The predicted molar refractivity (Wildman–Crippen MR) is 67.4 cm³/mol. The summed E-state index contributed by atoms with van der Waals surface area (Å²) in [5.41, 5.74) is 3.26. The molecule has 0 aliphatic carbocycles. The molecule has 0 unspecified atom stereocenters. The number of pyridine rings is 1. The fourth-order valence-electron chi connectivity index (χ4n) is 1.36. The maximum absolute atomic E-state index is 11.6. The smallest absolute Gasteiger partial charge is 0.307 e. The normalized spacial score (nSPS) is 10.7. The molecule has 0 saturated carbocycles. The zero-order valence-electron chi connectivity index (χ0n) is 9.96. The second-order valence-corrected chi connectivity index (χ2v) is 3.60. The summed E-state index contributed by atoms with van der Waals surface area (Å²) in [6.07, 6.45) is 5.61. The molecule has 2 rings (SSSR count). The number of carbonyl (C=O) groups is 1. The van der Waals surface area contributed by atoms with Crippen molar-refractivity contribution in [3.63, 3.8) is 0 Å². The number of nitrogens with one attached hydrogen (secondary N) is 1. The van der Waals surface area contributed by atoms with Gasteiger partial charge in [-0.1, -0.05) is 6.92 Å². The number of hydrogen-bond donors (Lipinski definition) is 1. The minimum Gasteiger partial charge on any atom is -0.456 e. The first-order valence-electron chi connectivity index (χ1n) is 5.61. The number of amides is 1. The van der Waals surface area contributed by atoms with Crippen molar-refractivity contribution in [3.8, 4) is 0 Å². The van der Waals surface area contributed by atoms with E-state index in [-0.39, 0.29) is 11.7 Å². The Labute approximate surface area is 105 Å². The van der Waals surface area contributed by atoms with Gasteiger partial charge in [0, 0.05) is 18.8 Å². The summed E-state index contributed by atoms with van der Waals surface area (Å²) in [5.74, 6) is 0.678. The number of nitrogens with zero attached hydrogens (tertiary/aromatic N) is 2. The van der Waals surface area contributed by atoms with E-state index in [0.29, 0.717) is 0 Å². The zero-order valence-corrected chi connectivity index (χ0v) is 9.96. The largest absolute Gasteiger partial charge is 0.456 e. The maximum Gasteiger partial charge on any atom is 0.307 e. The molecule has 2 aromatic rings. The summed E-state index contributed by atoms with van der Waals surface area (Å²) in [6.45, 7) is 1.96. The number of furan rings is 1. The van der Waals surface area contributed by atoms with Crippen LogP contribution in [-0.2, 0) is 6.42 Å². The average molecular weight is 243 g/mol. The van der Waals surface area contributed by atoms with Gasteiger partial charge in [0.2, 0.25) is 0 Å². The van der Waals surface area contributed by atoms with Crippen LogP contribution in [0.4, 0.5) is 0 Å². The molecule has 0 radical (unpaired) electrons. The van der Waals surface area contributed by atoms with Crippen molar-refractivity contribution in [2.45, 2.75) is 13.3 Å². The molecule has 0 saturated heterocycles. The number of carbonyl (C=O) groups excluding carboxylic acids is 1. The summed E-state index contributed by atoms with van der Waals surface area (Å²) < 4.78 is 5.30. The van der Waals surface area contributed by atoms with Crippen molar-refractivity contribution in [2.24, 2.45) is 5.10 Å². The molecule has 18 heavy (non-hydrogen) atoms. The number of aromatic nitrogens is 1. The molecule has 1 N–H and O–H groups in total. The summed E-state index contributed by atoms with van der Waals surface area (Å²) in [7, 11) is 0. The Bertz CT molecular complexity index is 546. The molecule has 1 amide bonds. The first-order valence-corrected chi connectivity index (χ1v) is 5.61. The fourth-order valence-corrected chi connectivity index (χ4v) is 1.36. The second kappa shape index (κ2) is 5.77. The van der Waals surface area contributed by atoms with Gasteiger partial charge in [-0.2, -0.15) is 5.10 Å². The van der Waals surface area contributed by atoms with Gasteiger partial charge in [0.25, 0.3) is 0 Å². The van der Waals surface area contributed by atoms with Crippen molar-refractivity contribution >= 4 is 12.1 Å². The quantitative estimate of drug-likeness (QED) is 0.659. The molecule has 5 nitrogen and oxygen atoms in total. The van der Waals surface area contributed by atoms with Crippen molar-refractivity contribution in [1.82, 2.24) is 10.4 Å². The Morgan fingerprint density at radius 2 is 2.17 bits per heavy atom. The lowest BCUT2D eigenvalue weighted by molar-refractivity contribution is 0.0926. The molecule has 2 aromatic heterocycles. The maximum atomic E-state index is 11.6. The van der Waals surface area contributed by atoms with Crippen LogP contribution < -0.4 is 5.43 Å². The SMILES string of the molecule is CCc1ccc(C(=O)NN=Cc2ccncc2)o1. The van der Waals surface area contributed by atoms with Gasteiger partial charge in [-0.05, 0) is 29.8 Å². The van der Waals surface area contributed by atoms with E-state index in [0.717, 1.165) is 17.7 Å². The van der Waals surface area contributed by atoms with E-state index in [1.165, 1.54) is 0 Å². The lowest BCUT2D eigenvalue weighted by atomic mass is 10.3. The molecule has 92 valence electrons. The lowest BCUT2D eigenvalue weighted by Gasteiger charge is -1.95. The van der Waals surface area contributed by atoms with Gasteiger partial charge < -0.3 is 4.42 Å². The Hall–Kier alpha value is -2.43. The monoisotopic (exact) mass is 243 g/mol. The van der Waals surface area contributed by atoms with Gasteiger partial charge in [0.05, 0.1) is 6.21 Å². The fraction of sp³-hybridized carbons (Fsp3) is 0.154. The number of aryl methyl sites for hydroxylation is 1. The molecule has 0 aliphatic heterocycles. The molecule has 0 aliphatic rings. The molecule has 2 heterocycles. The number of rotatable bonds is 4. The van der Waals surface area contributed by atoms with Crippen LogP contribution in [0, 0.1) is 0 Å². The second-order valence-electron chi connectivity index (χ2n) is 3.60. The lowest BCUT2D eigenvalue weighted by Crippen LogP contribution is -2.16. The Morgan fingerprint density at radius 1 is 1.39 bits per heavy atom. The van der Waals surface area contributed by atoms with E-state index in [4.69, 9.17) is 4.42 Å². The molecule has 0 atom stereocenters. The molecular weight excluding hydrogens is 230 g/mol. The summed E-state index contributed by atoms with van der Waals surface area (Å²) in [5, 5.41) is 3.84. The van der Waals surface area contributed by atoms with Crippen LogP contribution in [0.15, 0.2) is 46.2 Å². The van der Waals surface area contributed by atoms with Crippen LogP contribution >= 0.6 is 0 Å². The van der Waals surface area contributed by atoms with Crippen LogP contribution in [0.25, 0.3) is 0 Å². The van der Waals surface area contributed by atoms with Gasteiger partial charge in [0.1, 0.15) is 5.76 Å². The third-order valence-corrected chi connectivity index (χ3v) is 2.32. The summed E-state index contributed by atoms with van der Waals surface area (Å²) >= 11 is 0. The number of hydrogen-bond acceptors (Lipinski definition) is 4. The van der Waals surface area contributed by atoms with Crippen LogP contribution in [0.2, 0.25) is 0 Å². The minimum absolute atomic E-state index is 0.263. The standard InChI is InChI=1S/C13H13N3O2/c1-2-11-3-4-12(18-11)13(17)16-15-9-10-5-7-14-8-6-10/h3-9H,2H2,1H3,(H,16,17). The van der Waals surface area contributed by atoms with E-state index in [9.17, 15) is 4.79 Å². The van der Waals surface area contributed by atoms with Crippen LogP contribution in [-0.4, -0.2) is 17.1 Å². The van der Waals surface area contributed by atoms with Gasteiger partial charge in [-0.25, -0.2) is 5.43 Å². The Balaban J connectivity index is 1.94. The first kappa shape index (κ1) is 12.0. The highest BCUT2D eigenvalue weighted by Crippen LogP contribution is 2.07. The third-order valence-electron chi connectivity index (χ3n) is 2.32. The zero-order chi connectivity index (χ0) is 12.8. The highest BCUT2D eigenvalue weighted by molar-refractivity contribution is 5.92.